The van der Waals surface area contributed by atoms with Crippen molar-refractivity contribution in [1.29, 1.82) is 0 Å². The highest BCUT2D eigenvalue weighted by atomic mass is 79.9. The van der Waals surface area contributed by atoms with Crippen molar-refractivity contribution in [2.75, 3.05) is 6.61 Å². The van der Waals surface area contributed by atoms with Crippen LogP contribution < -0.4 is 4.74 Å². The summed E-state index contributed by atoms with van der Waals surface area (Å²) in [4.78, 5) is 7.86. The molecule has 0 N–H and O–H groups in total. The van der Waals surface area contributed by atoms with Gasteiger partial charge in [-0.3, -0.25) is 0 Å². The van der Waals surface area contributed by atoms with Crippen molar-refractivity contribution in [3.63, 3.8) is 0 Å². The average molecular weight is 328 g/mol. The van der Waals surface area contributed by atoms with Gasteiger partial charge in [-0.05, 0) is 34.3 Å². The van der Waals surface area contributed by atoms with E-state index in [1.807, 2.05) is 18.2 Å². The Morgan fingerprint density at radius 1 is 1.17 bits per heavy atom. The van der Waals surface area contributed by atoms with Crippen molar-refractivity contribution in [1.82, 2.24) is 9.97 Å². The molecule has 0 spiro atoms. The van der Waals surface area contributed by atoms with E-state index >= 15 is 0 Å². The highest BCUT2D eigenvalue weighted by Crippen LogP contribution is 2.27. The first-order valence-corrected chi connectivity index (χ1v) is 6.77. The Morgan fingerprint density at radius 2 is 1.94 bits per heavy atom. The van der Waals surface area contributed by atoms with Gasteiger partial charge in [0.05, 0.1) is 6.61 Å². The predicted octanol–water partition coefficient (Wildman–Crippen LogP) is 3.90. The molecule has 2 rings (SSSR count). The predicted molar refractivity (Wildman–Crippen MR) is 75.0 cm³/mol. The second-order valence-corrected chi connectivity index (χ2v) is 4.87. The standard InChI is InChI=1S/C13H12BrClN2O/c14-11-12(15)16-9-17-13(11)18-8-4-7-10-5-2-1-3-6-10/h1-3,5-6,9H,4,7-8H2. The molecule has 0 bridgehead atoms. The van der Waals surface area contributed by atoms with Crippen LogP contribution in [-0.4, -0.2) is 16.6 Å². The molecule has 0 amide bonds. The van der Waals surface area contributed by atoms with Crippen LogP contribution in [0.25, 0.3) is 0 Å². The van der Waals surface area contributed by atoms with Crippen LogP contribution in [0.4, 0.5) is 0 Å². The molecule has 94 valence electrons. The molecular formula is C13H12BrClN2O. The zero-order valence-corrected chi connectivity index (χ0v) is 12.0. The minimum atomic E-state index is 0.364. The molecule has 3 nitrogen and oxygen atoms in total. The van der Waals surface area contributed by atoms with Gasteiger partial charge in [-0.25, -0.2) is 9.97 Å². The largest absolute Gasteiger partial charge is 0.477 e. The number of ether oxygens (including phenoxy) is 1. The van der Waals surface area contributed by atoms with Crippen molar-refractivity contribution < 1.29 is 4.74 Å². The molecular weight excluding hydrogens is 316 g/mol. The van der Waals surface area contributed by atoms with Crippen LogP contribution in [0, 0.1) is 0 Å². The van der Waals surface area contributed by atoms with Crippen LogP contribution in [0.2, 0.25) is 5.15 Å². The second-order valence-electron chi connectivity index (χ2n) is 3.72. The first-order chi connectivity index (χ1) is 8.77. The second kappa shape index (κ2) is 6.71. The van der Waals surface area contributed by atoms with Gasteiger partial charge in [-0.2, -0.15) is 0 Å². The lowest BCUT2D eigenvalue weighted by Gasteiger charge is -2.07. The molecule has 1 aromatic heterocycles. The van der Waals surface area contributed by atoms with Crippen molar-refractivity contribution in [3.8, 4) is 5.88 Å². The third-order valence-electron chi connectivity index (χ3n) is 2.41. The van der Waals surface area contributed by atoms with E-state index < -0.39 is 0 Å². The van der Waals surface area contributed by atoms with E-state index in [-0.39, 0.29) is 0 Å². The Bertz CT molecular complexity index is 508. The molecule has 5 heteroatoms. The summed E-state index contributed by atoms with van der Waals surface area (Å²) in [6, 6.07) is 10.3. The Kier molecular flexibility index (Phi) is 4.96. The zero-order chi connectivity index (χ0) is 12.8. The monoisotopic (exact) mass is 326 g/mol. The van der Waals surface area contributed by atoms with Crippen molar-refractivity contribution in [3.05, 3.63) is 51.8 Å². The van der Waals surface area contributed by atoms with Crippen molar-refractivity contribution in [2.45, 2.75) is 12.8 Å². The quantitative estimate of drug-likeness (QED) is 0.617. The van der Waals surface area contributed by atoms with Gasteiger partial charge in [0, 0.05) is 0 Å². The highest BCUT2D eigenvalue weighted by Gasteiger charge is 2.07. The maximum atomic E-state index is 5.84. The van der Waals surface area contributed by atoms with E-state index in [1.165, 1.54) is 11.9 Å². The van der Waals surface area contributed by atoms with Crippen LogP contribution >= 0.6 is 27.5 Å². The maximum absolute atomic E-state index is 5.84. The Hall–Kier alpha value is -1.13. The summed E-state index contributed by atoms with van der Waals surface area (Å²) >= 11 is 9.14. The Balaban J connectivity index is 1.81. The lowest BCUT2D eigenvalue weighted by molar-refractivity contribution is 0.296. The summed E-state index contributed by atoms with van der Waals surface area (Å²) in [5.41, 5.74) is 1.31. The molecule has 0 saturated heterocycles. The lowest BCUT2D eigenvalue weighted by Crippen LogP contribution is -2.02. The molecule has 0 atom stereocenters. The maximum Gasteiger partial charge on any atom is 0.232 e. The van der Waals surface area contributed by atoms with Gasteiger partial charge in [0.2, 0.25) is 5.88 Å². The van der Waals surface area contributed by atoms with Gasteiger partial charge in [-0.15, -0.1) is 0 Å². The van der Waals surface area contributed by atoms with Gasteiger partial charge in [0.1, 0.15) is 10.8 Å². The number of hydrogen-bond acceptors (Lipinski definition) is 3. The van der Waals surface area contributed by atoms with Crippen LogP contribution in [-0.2, 0) is 6.42 Å². The molecule has 1 aromatic carbocycles. The van der Waals surface area contributed by atoms with Gasteiger partial charge < -0.3 is 4.74 Å². The van der Waals surface area contributed by atoms with Crippen LogP contribution in [0.15, 0.2) is 41.1 Å². The van der Waals surface area contributed by atoms with E-state index in [4.69, 9.17) is 16.3 Å². The van der Waals surface area contributed by atoms with Gasteiger partial charge in [0.25, 0.3) is 0 Å². The van der Waals surface area contributed by atoms with E-state index in [9.17, 15) is 0 Å². The summed E-state index contributed by atoms with van der Waals surface area (Å²) < 4.78 is 6.16. The van der Waals surface area contributed by atoms with Crippen molar-refractivity contribution in [2.24, 2.45) is 0 Å². The van der Waals surface area contributed by atoms with E-state index in [1.54, 1.807) is 0 Å². The number of halogens is 2. The van der Waals surface area contributed by atoms with Crippen LogP contribution in [0.5, 0.6) is 5.88 Å². The highest BCUT2D eigenvalue weighted by molar-refractivity contribution is 9.10. The number of benzene rings is 1. The number of hydrogen-bond donors (Lipinski definition) is 0. The zero-order valence-electron chi connectivity index (χ0n) is 9.64. The number of aromatic nitrogens is 2. The summed E-state index contributed by atoms with van der Waals surface area (Å²) in [6.07, 6.45) is 3.30. The first-order valence-electron chi connectivity index (χ1n) is 5.60. The first kappa shape index (κ1) is 13.3. The minimum Gasteiger partial charge on any atom is -0.477 e. The molecule has 2 aromatic rings. The van der Waals surface area contributed by atoms with E-state index in [0.29, 0.717) is 22.1 Å². The van der Waals surface area contributed by atoms with Crippen molar-refractivity contribution >= 4 is 27.5 Å². The molecule has 0 radical (unpaired) electrons. The minimum absolute atomic E-state index is 0.364. The number of rotatable bonds is 5. The normalized spacial score (nSPS) is 10.3. The van der Waals surface area contributed by atoms with Gasteiger partial charge in [-0.1, -0.05) is 41.9 Å². The SMILES string of the molecule is Clc1ncnc(OCCCc2ccccc2)c1Br. The van der Waals surface area contributed by atoms with E-state index in [0.717, 1.165) is 12.8 Å². The molecule has 0 aliphatic rings. The van der Waals surface area contributed by atoms with E-state index in [2.05, 4.69) is 38.0 Å². The summed E-state index contributed by atoms with van der Waals surface area (Å²) in [5.74, 6) is 0.489. The number of aryl methyl sites for hydroxylation is 1. The summed E-state index contributed by atoms with van der Waals surface area (Å²) in [7, 11) is 0. The fourth-order valence-electron chi connectivity index (χ4n) is 1.52. The summed E-state index contributed by atoms with van der Waals surface area (Å²) in [6.45, 7) is 0.598. The third kappa shape index (κ3) is 3.68. The van der Waals surface area contributed by atoms with Gasteiger partial charge >= 0.3 is 0 Å². The van der Waals surface area contributed by atoms with Gasteiger partial charge in [0.15, 0.2) is 5.15 Å². The Morgan fingerprint density at radius 3 is 2.72 bits per heavy atom. The fourth-order valence-corrected chi connectivity index (χ4v) is 1.97. The molecule has 0 fully saturated rings. The van der Waals surface area contributed by atoms with Crippen LogP contribution in [0.3, 0.4) is 0 Å². The topological polar surface area (TPSA) is 35.0 Å². The Labute approximate surface area is 119 Å². The smallest absolute Gasteiger partial charge is 0.232 e. The third-order valence-corrected chi connectivity index (χ3v) is 3.64. The molecule has 0 saturated carbocycles. The lowest BCUT2D eigenvalue weighted by atomic mass is 10.1. The molecule has 1 heterocycles. The summed E-state index contributed by atoms with van der Waals surface area (Å²) in [5, 5.41) is 0.364. The van der Waals surface area contributed by atoms with Crippen LogP contribution in [0.1, 0.15) is 12.0 Å². The molecule has 0 aliphatic carbocycles. The number of nitrogens with zero attached hydrogens (tertiary/aromatic N) is 2. The molecule has 18 heavy (non-hydrogen) atoms. The molecule has 0 unspecified atom stereocenters. The molecule has 0 aliphatic heterocycles. The average Bonchev–Trinajstić information content (AvgIpc) is 2.40. The fraction of sp³-hybridized carbons (Fsp3) is 0.231.